The van der Waals surface area contributed by atoms with Gasteiger partial charge in [0.1, 0.15) is 0 Å². The molecule has 0 aliphatic heterocycles. The van der Waals surface area contributed by atoms with Gasteiger partial charge in [0.25, 0.3) is 5.91 Å². The lowest BCUT2D eigenvalue weighted by Gasteiger charge is -2.22. The second-order valence-corrected chi connectivity index (χ2v) is 5.85. The third-order valence-corrected chi connectivity index (χ3v) is 4.24. The molecule has 120 valence electrons. The Labute approximate surface area is 131 Å². The van der Waals surface area contributed by atoms with Crippen LogP contribution in [0.3, 0.4) is 0 Å². The van der Waals surface area contributed by atoms with Crippen LogP contribution in [0, 0.1) is 0 Å². The molecule has 2 rings (SSSR count). The molecule has 5 heteroatoms. The van der Waals surface area contributed by atoms with Crippen LogP contribution in [0.5, 0.6) is 0 Å². The summed E-state index contributed by atoms with van der Waals surface area (Å²) in [5.74, 6) is 0.0774. The van der Waals surface area contributed by atoms with Crippen molar-refractivity contribution in [3.05, 3.63) is 35.4 Å². The van der Waals surface area contributed by atoms with E-state index in [1.54, 1.807) is 5.48 Å². The van der Waals surface area contributed by atoms with Gasteiger partial charge in [-0.25, -0.2) is 5.48 Å². The minimum Gasteiger partial charge on any atom is -0.352 e. The molecule has 0 aromatic heterocycles. The van der Waals surface area contributed by atoms with Crippen LogP contribution in [0.4, 0.5) is 0 Å². The standard InChI is InChI=1S/C17H24N2O3/c20-16(19-22)7-4-12-18-17(21)15-10-8-14(9-11-15)13-5-2-1-3-6-13/h8-11,13,22H,1-7,12H2,(H,18,21)(H,19,20). The summed E-state index contributed by atoms with van der Waals surface area (Å²) >= 11 is 0. The molecule has 1 aromatic rings. The number of nitrogens with one attached hydrogen (secondary N) is 2. The number of hydrogen-bond acceptors (Lipinski definition) is 3. The first-order chi connectivity index (χ1) is 10.7. The minimum atomic E-state index is -0.439. The molecular weight excluding hydrogens is 280 g/mol. The highest BCUT2D eigenvalue weighted by Crippen LogP contribution is 2.32. The van der Waals surface area contributed by atoms with E-state index in [1.165, 1.54) is 37.7 Å². The van der Waals surface area contributed by atoms with Crippen LogP contribution in [-0.4, -0.2) is 23.6 Å². The van der Waals surface area contributed by atoms with E-state index in [0.29, 0.717) is 24.4 Å². The Morgan fingerprint density at radius 3 is 2.41 bits per heavy atom. The molecule has 0 heterocycles. The molecule has 0 saturated heterocycles. The molecule has 3 N–H and O–H groups in total. The molecule has 0 atom stereocenters. The van der Waals surface area contributed by atoms with Crippen LogP contribution >= 0.6 is 0 Å². The number of rotatable bonds is 6. The van der Waals surface area contributed by atoms with E-state index in [1.807, 2.05) is 12.1 Å². The Hall–Kier alpha value is -1.88. The van der Waals surface area contributed by atoms with E-state index >= 15 is 0 Å². The first-order valence-electron chi connectivity index (χ1n) is 8.02. The summed E-state index contributed by atoms with van der Waals surface area (Å²) < 4.78 is 0. The Morgan fingerprint density at radius 2 is 1.77 bits per heavy atom. The van der Waals surface area contributed by atoms with Gasteiger partial charge in [-0.15, -0.1) is 0 Å². The first-order valence-corrected chi connectivity index (χ1v) is 8.02. The third-order valence-electron chi connectivity index (χ3n) is 4.24. The molecule has 2 amide bonds. The molecule has 1 aliphatic carbocycles. The largest absolute Gasteiger partial charge is 0.352 e. The van der Waals surface area contributed by atoms with E-state index < -0.39 is 5.91 Å². The maximum atomic E-state index is 12.0. The average molecular weight is 304 g/mol. The maximum absolute atomic E-state index is 12.0. The van der Waals surface area contributed by atoms with Crippen molar-refractivity contribution >= 4 is 11.8 Å². The normalized spacial score (nSPS) is 15.3. The van der Waals surface area contributed by atoms with Gasteiger partial charge in [0.05, 0.1) is 0 Å². The summed E-state index contributed by atoms with van der Waals surface area (Å²) in [6, 6.07) is 7.87. The smallest absolute Gasteiger partial charge is 0.251 e. The highest BCUT2D eigenvalue weighted by atomic mass is 16.5. The number of benzene rings is 1. The lowest BCUT2D eigenvalue weighted by atomic mass is 9.84. The Morgan fingerprint density at radius 1 is 1.09 bits per heavy atom. The summed E-state index contributed by atoms with van der Waals surface area (Å²) in [6.07, 6.45) is 7.13. The second kappa shape index (κ2) is 8.54. The summed E-state index contributed by atoms with van der Waals surface area (Å²) in [7, 11) is 0. The fourth-order valence-corrected chi connectivity index (χ4v) is 2.95. The molecule has 1 aromatic carbocycles. The zero-order valence-corrected chi connectivity index (χ0v) is 12.8. The third kappa shape index (κ3) is 4.84. The van der Waals surface area contributed by atoms with E-state index in [2.05, 4.69) is 17.4 Å². The van der Waals surface area contributed by atoms with Gasteiger partial charge < -0.3 is 5.32 Å². The maximum Gasteiger partial charge on any atom is 0.251 e. The van der Waals surface area contributed by atoms with Crippen molar-refractivity contribution in [2.24, 2.45) is 0 Å². The van der Waals surface area contributed by atoms with Crippen LogP contribution in [0.25, 0.3) is 0 Å². The zero-order chi connectivity index (χ0) is 15.8. The number of carbonyl (C=O) groups excluding carboxylic acids is 2. The van der Waals surface area contributed by atoms with Crippen LogP contribution in [0.15, 0.2) is 24.3 Å². The van der Waals surface area contributed by atoms with Crippen molar-refractivity contribution in [1.82, 2.24) is 10.8 Å². The molecule has 0 unspecified atom stereocenters. The van der Waals surface area contributed by atoms with Crippen molar-refractivity contribution in [2.75, 3.05) is 6.54 Å². The van der Waals surface area contributed by atoms with Gasteiger partial charge in [-0.05, 0) is 42.9 Å². The Balaban J connectivity index is 1.79. The van der Waals surface area contributed by atoms with E-state index in [0.717, 1.165) is 0 Å². The van der Waals surface area contributed by atoms with Gasteiger partial charge in [0.15, 0.2) is 0 Å². The molecule has 0 bridgehead atoms. The zero-order valence-electron chi connectivity index (χ0n) is 12.8. The van der Waals surface area contributed by atoms with Gasteiger partial charge in [-0.1, -0.05) is 31.4 Å². The van der Waals surface area contributed by atoms with Crippen LogP contribution in [0.2, 0.25) is 0 Å². The number of hydrogen-bond donors (Lipinski definition) is 3. The summed E-state index contributed by atoms with van der Waals surface area (Å²) in [6.45, 7) is 0.413. The van der Waals surface area contributed by atoms with Crippen molar-refractivity contribution in [2.45, 2.75) is 50.9 Å². The van der Waals surface area contributed by atoms with E-state index in [4.69, 9.17) is 5.21 Å². The van der Waals surface area contributed by atoms with Crippen molar-refractivity contribution < 1.29 is 14.8 Å². The van der Waals surface area contributed by atoms with Gasteiger partial charge in [-0.2, -0.15) is 0 Å². The number of amides is 2. The SMILES string of the molecule is O=C(CCCNC(=O)c1ccc(C2CCCCC2)cc1)NO. The van der Waals surface area contributed by atoms with Gasteiger partial charge in [0.2, 0.25) is 5.91 Å². The van der Waals surface area contributed by atoms with Crippen LogP contribution in [-0.2, 0) is 4.79 Å². The van der Waals surface area contributed by atoms with Crippen LogP contribution in [0.1, 0.15) is 66.8 Å². The van der Waals surface area contributed by atoms with Crippen molar-refractivity contribution in [1.29, 1.82) is 0 Å². The molecule has 1 aliphatic rings. The Kier molecular flexibility index (Phi) is 6.40. The second-order valence-electron chi connectivity index (χ2n) is 5.85. The lowest BCUT2D eigenvalue weighted by molar-refractivity contribution is -0.129. The van der Waals surface area contributed by atoms with E-state index in [9.17, 15) is 9.59 Å². The predicted molar refractivity (Wildman–Crippen MR) is 83.8 cm³/mol. The van der Waals surface area contributed by atoms with Gasteiger partial charge >= 0.3 is 0 Å². The minimum absolute atomic E-state index is 0.125. The van der Waals surface area contributed by atoms with Gasteiger partial charge in [0, 0.05) is 18.5 Å². The van der Waals surface area contributed by atoms with Crippen LogP contribution < -0.4 is 10.8 Å². The molecule has 5 nitrogen and oxygen atoms in total. The first kappa shape index (κ1) is 16.5. The van der Waals surface area contributed by atoms with Crippen molar-refractivity contribution in [3.63, 3.8) is 0 Å². The fourth-order valence-electron chi connectivity index (χ4n) is 2.95. The van der Waals surface area contributed by atoms with Crippen molar-refractivity contribution in [3.8, 4) is 0 Å². The highest BCUT2D eigenvalue weighted by Gasteiger charge is 2.15. The lowest BCUT2D eigenvalue weighted by Crippen LogP contribution is -2.26. The molecular formula is C17H24N2O3. The monoisotopic (exact) mass is 304 g/mol. The molecule has 22 heavy (non-hydrogen) atoms. The summed E-state index contributed by atoms with van der Waals surface area (Å²) in [4.78, 5) is 22.8. The fraction of sp³-hybridized carbons (Fsp3) is 0.529. The number of hydroxylamine groups is 1. The quantitative estimate of drug-likeness (QED) is 0.429. The molecule has 0 spiro atoms. The summed E-state index contributed by atoms with van der Waals surface area (Å²) in [5.41, 5.74) is 3.54. The molecule has 1 fully saturated rings. The summed E-state index contributed by atoms with van der Waals surface area (Å²) in [5, 5.41) is 11.1. The number of carbonyl (C=O) groups is 2. The highest BCUT2D eigenvalue weighted by molar-refractivity contribution is 5.94. The average Bonchev–Trinajstić information content (AvgIpc) is 2.59. The van der Waals surface area contributed by atoms with E-state index in [-0.39, 0.29) is 12.3 Å². The van der Waals surface area contributed by atoms with Gasteiger partial charge in [-0.3, -0.25) is 14.8 Å². The predicted octanol–water partition coefficient (Wildman–Crippen LogP) is 2.75. The molecule has 1 saturated carbocycles. The molecule has 0 radical (unpaired) electrons. The Bertz CT molecular complexity index is 493. The topological polar surface area (TPSA) is 78.4 Å².